The average Bonchev–Trinajstić information content (AvgIpc) is 3.14. The number of halogens is 1. The lowest BCUT2D eigenvalue weighted by Gasteiger charge is -2.15. The molecule has 0 saturated carbocycles. The number of thioether (sulfide) groups is 1. The Bertz CT molecular complexity index is 751. The molecule has 0 aliphatic carbocycles. The molecule has 0 bridgehead atoms. The molecule has 1 aromatic heterocycles. The smallest absolute Gasteiger partial charge is 0.328 e. The van der Waals surface area contributed by atoms with Gasteiger partial charge in [0.05, 0.1) is 7.11 Å². The molecule has 7 nitrogen and oxygen atoms in total. The third kappa shape index (κ3) is 6.88. The molecular formula is C18H22ClN3O4S. The van der Waals surface area contributed by atoms with Gasteiger partial charge in [-0.25, -0.2) is 4.79 Å². The van der Waals surface area contributed by atoms with Crippen molar-refractivity contribution in [1.82, 2.24) is 15.5 Å². The zero-order chi connectivity index (χ0) is 19.6. The van der Waals surface area contributed by atoms with Crippen LogP contribution in [-0.2, 0) is 20.7 Å². The zero-order valence-corrected chi connectivity index (χ0v) is 16.8. The third-order valence-corrected chi connectivity index (χ3v) is 4.69. The fourth-order valence-electron chi connectivity index (χ4n) is 2.37. The van der Waals surface area contributed by atoms with E-state index in [0.29, 0.717) is 36.0 Å². The van der Waals surface area contributed by atoms with E-state index in [1.165, 1.54) is 7.11 Å². The monoisotopic (exact) mass is 411 g/mol. The fraction of sp³-hybridized carbons (Fsp3) is 0.444. The molecule has 2 aromatic rings. The molecule has 0 fully saturated rings. The van der Waals surface area contributed by atoms with Gasteiger partial charge >= 0.3 is 5.97 Å². The Morgan fingerprint density at radius 1 is 1.33 bits per heavy atom. The molecular weight excluding hydrogens is 390 g/mol. The summed E-state index contributed by atoms with van der Waals surface area (Å²) in [6.45, 7) is 0. The largest absolute Gasteiger partial charge is 0.467 e. The Labute approximate surface area is 167 Å². The van der Waals surface area contributed by atoms with Crippen LogP contribution in [0.4, 0.5) is 0 Å². The average molecular weight is 412 g/mol. The number of aryl methyl sites for hydroxylation is 1. The summed E-state index contributed by atoms with van der Waals surface area (Å²) in [5.74, 6) is 1.06. The molecule has 27 heavy (non-hydrogen) atoms. The second kappa shape index (κ2) is 10.9. The van der Waals surface area contributed by atoms with Gasteiger partial charge in [0.2, 0.25) is 17.6 Å². The summed E-state index contributed by atoms with van der Waals surface area (Å²) in [6.07, 6.45) is 3.74. The molecule has 0 unspecified atom stereocenters. The first-order chi connectivity index (χ1) is 13.0. The van der Waals surface area contributed by atoms with E-state index in [9.17, 15) is 9.59 Å². The van der Waals surface area contributed by atoms with Crippen molar-refractivity contribution in [3.05, 3.63) is 35.2 Å². The van der Waals surface area contributed by atoms with Crippen LogP contribution in [0.25, 0.3) is 11.4 Å². The molecule has 0 radical (unpaired) electrons. The molecule has 0 spiro atoms. The minimum Gasteiger partial charge on any atom is -0.467 e. The van der Waals surface area contributed by atoms with Crippen molar-refractivity contribution >= 4 is 35.2 Å². The summed E-state index contributed by atoms with van der Waals surface area (Å²) < 4.78 is 9.95. The van der Waals surface area contributed by atoms with Crippen LogP contribution in [0.1, 0.15) is 25.2 Å². The van der Waals surface area contributed by atoms with Crippen LogP contribution in [0.5, 0.6) is 0 Å². The van der Waals surface area contributed by atoms with E-state index in [-0.39, 0.29) is 12.3 Å². The highest BCUT2D eigenvalue weighted by atomic mass is 35.5. The van der Waals surface area contributed by atoms with Crippen molar-refractivity contribution in [2.24, 2.45) is 0 Å². The van der Waals surface area contributed by atoms with Crippen LogP contribution in [0.15, 0.2) is 28.8 Å². The number of methoxy groups -OCH3 is 1. The van der Waals surface area contributed by atoms with Gasteiger partial charge in [0.1, 0.15) is 6.04 Å². The first kappa shape index (κ1) is 21.2. The van der Waals surface area contributed by atoms with Gasteiger partial charge in [-0.15, -0.1) is 0 Å². The minimum absolute atomic E-state index is 0.205. The maximum Gasteiger partial charge on any atom is 0.328 e. The minimum atomic E-state index is -0.616. The van der Waals surface area contributed by atoms with E-state index in [1.54, 1.807) is 23.9 Å². The van der Waals surface area contributed by atoms with E-state index < -0.39 is 12.0 Å². The second-order valence-corrected chi connectivity index (χ2v) is 7.22. The third-order valence-electron chi connectivity index (χ3n) is 3.80. The number of carbonyl (C=O) groups excluding carboxylic acids is 2. The number of hydrogen-bond donors (Lipinski definition) is 1. The summed E-state index contributed by atoms with van der Waals surface area (Å²) in [5.41, 5.74) is 0.807. The normalized spacial score (nSPS) is 11.8. The quantitative estimate of drug-likeness (QED) is 0.600. The summed E-state index contributed by atoms with van der Waals surface area (Å²) in [6, 6.07) is 6.52. The number of aromatic nitrogens is 2. The Morgan fingerprint density at radius 3 is 2.74 bits per heavy atom. The summed E-state index contributed by atoms with van der Waals surface area (Å²) in [4.78, 5) is 28.1. The van der Waals surface area contributed by atoms with Crippen molar-refractivity contribution in [1.29, 1.82) is 0 Å². The van der Waals surface area contributed by atoms with Gasteiger partial charge in [0, 0.05) is 23.4 Å². The highest BCUT2D eigenvalue weighted by molar-refractivity contribution is 7.98. The predicted molar refractivity (Wildman–Crippen MR) is 105 cm³/mol. The number of carbonyl (C=O) groups is 2. The first-order valence-electron chi connectivity index (χ1n) is 8.48. The molecule has 1 heterocycles. The standard InChI is InChI=1S/C18H22ClN3O4S/c1-25-18(24)14(10-11-27-2)20-15(23)4-3-5-16-21-17(22-26-16)12-6-8-13(19)9-7-12/h6-9,14H,3-5,10-11H2,1-2H3,(H,20,23)/t14-/m1/s1. The van der Waals surface area contributed by atoms with Crippen LogP contribution >= 0.6 is 23.4 Å². The molecule has 0 saturated heterocycles. The molecule has 1 amide bonds. The van der Waals surface area contributed by atoms with Crippen LogP contribution in [0.3, 0.4) is 0 Å². The van der Waals surface area contributed by atoms with Gasteiger partial charge in [-0.2, -0.15) is 16.7 Å². The van der Waals surface area contributed by atoms with Gasteiger partial charge in [-0.3, -0.25) is 4.79 Å². The van der Waals surface area contributed by atoms with Crippen molar-refractivity contribution in [3.8, 4) is 11.4 Å². The van der Waals surface area contributed by atoms with E-state index in [0.717, 1.165) is 11.3 Å². The Kier molecular flexibility index (Phi) is 8.60. The zero-order valence-electron chi connectivity index (χ0n) is 15.2. The predicted octanol–water partition coefficient (Wildman–Crippen LogP) is 3.12. The summed E-state index contributed by atoms with van der Waals surface area (Å²) >= 11 is 7.47. The van der Waals surface area contributed by atoms with Gasteiger partial charge in [-0.05, 0) is 49.1 Å². The lowest BCUT2D eigenvalue weighted by molar-refractivity contribution is -0.145. The lowest BCUT2D eigenvalue weighted by atomic mass is 10.2. The van der Waals surface area contributed by atoms with Crippen LogP contribution in [0.2, 0.25) is 5.02 Å². The van der Waals surface area contributed by atoms with E-state index in [4.69, 9.17) is 20.9 Å². The molecule has 1 aromatic carbocycles. The van der Waals surface area contributed by atoms with E-state index in [2.05, 4.69) is 15.5 Å². The van der Waals surface area contributed by atoms with E-state index >= 15 is 0 Å². The number of esters is 1. The molecule has 0 aliphatic heterocycles. The first-order valence-corrected chi connectivity index (χ1v) is 10.2. The number of nitrogens with one attached hydrogen (secondary N) is 1. The van der Waals surface area contributed by atoms with Crippen molar-refractivity contribution < 1.29 is 18.8 Å². The van der Waals surface area contributed by atoms with Gasteiger partial charge < -0.3 is 14.6 Å². The number of benzene rings is 1. The van der Waals surface area contributed by atoms with Crippen molar-refractivity contribution in [2.75, 3.05) is 19.1 Å². The molecule has 146 valence electrons. The SMILES string of the molecule is COC(=O)[C@@H](CCSC)NC(=O)CCCc1nc(-c2ccc(Cl)cc2)no1. The maximum absolute atomic E-state index is 12.1. The maximum atomic E-state index is 12.1. The topological polar surface area (TPSA) is 94.3 Å². The van der Waals surface area contributed by atoms with Crippen LogP contribution in [-0.4, -0.2) is 47.2 Å². The van der Waals surface area contributed by atoms with Gasteiger partial charge in [0.15, 0.2) is 0 Å². The number of amides is 1. The molecule has 1 N–H and O–H groups in total. The molecule has 9 heteroatoms. The number of hydrogen-bond acceptors (Lipinski definition) is 7. The van der Waals surface area contributed by atoms with Gasteiger partial charge in [-0.1, -0.05) is 16.8 Å². The number of rotatable bonds is 10. The highest BCUT2D eigenvalue weighted by Gasteiger charge is 2.20. The summed E-state index contributed by atoms with van der Waals surface area (Å²) in [7, 11) is 1.31. The van der Waals surface area contributed by atoms with Gasteiger partial charge in [0.25, 0.3) is 0 Å². The lowest BCUT2D eigenvalue weighted by Crippen LogP contribution is -2.41. The molecule has 1 atom stereocenters. The second-order valence-electron chi connectivity index (χ2n) is 5.80. The number of nitrogens with zero attached hydrogens (tertiary/aromatic N) is 2. The van der Waals surface area contributed by atoms with Crippen LogP contribution < -0.4 is 5.32 Å². The molecule has 0 aliphatic rings. The number of ether oxygens (including phenoxy) is 1. The fourth-order valence-corrected chi connectivity index (χ4v) is 2.96. The van der Waals surface area contributed by atoms with E-state index in [1.807, 2.05) is 18.4 Å². The molecule has 2 rings (SSSR count). The summed E-state index contributed by atoms with van der Waals surface area (Å²) in [5, 5.41) is 7.29. The Balaban J connectivity index is 1.80. The van der Waals surface area contributed by atoms with Crippen LogP contribution in [0, 0.1) is 0 Å². The Hall–Kier alpha value is -2.06. The van der Waals surface area contributed by atoms with Crippen molar-refractivity contribution in [3.63, 3.8) is 0 Å². The van der Waals surface area contributed by atoms with Crippen molar-refractivity contribution in [2.45, 2.75) is 31.7 Å². The Morgan fingerprint density at radius 2 is 2.07 bits per heavy atom. The highest BCUT2D eigenvalue weighted by Crippen LogP contribution is 2.19.